The minimum absolute atomic E-state index is 0.259. The van der Waals surface area contributed by atoms with Gasteiger partial charge in [0.15, 0.2) is 0 Å². The van der Waals surface area contributed by atoms with E-state index in [1.54, 1.807) is 31.2 Å². The summed E-state index contributed by atoms with van der Waals surface area (Å²) in [5, 5.41) is 10.0. The van der Waals surface area contributed by atoms with E-state index in [-0.39, 0.29) is 12.6 Å². The molecule has 0 bridgehead atoms. The molecule has 1 fully saturated rings. The Hall–Kier alpha value is -1.59. The lowest BCUT2D eigenvalue weighted by Gasteiger charge is -2.28. The van der Waals surface area contributed by atoms with E-state index < -0.39 is 6.10 Å². The Bertz CT molecular complexity index is 454. The number of aliphatic hydroxyl groups excluding tert-OH is 1. The summed E-state index contributed by atoms with van der Waals surface area (Å²) >= 11 is 0. The number of hydrogen-bond donors (Lipinski definition) is 1. The Balaban J connectivity index is 1.74. The largest absolute Gasteiger partial charge is 0.491 e. The third kappa shape index (κ3) is 5.31. The molecule has 0 amide bonds. The first-order chi connectivity index (χ1) is 10.7. The molecule has 1 aliphatic rings. The van der Waals surface area contributed by atoms with Crippen LogP contribution in [0, 0.1) is 0 Å². The topological polar surface area (TPSA) is 59.0 Å². The van der Waals surface area contributed by atoms with Crippen molar-refractivity contribution in [2.24, 2.45) is 0 Å². The van der Waals surface area contributed by atoms with Gasteiger partial charge in [0.05, 0.1) is 12.2 Å². The molecule has 0 aliphatic carbocycles. The van der Waals surface area contributed by atoms with Gasteiger partial charge in [-0.25, -0.2) is 4.79 Å². The van der Waals surface area contributed by atoms with Crippen LogP contribution >= 0.6 is 0 Å². The van der Waals surface area contributed by atoms with E-state index >= 15 is 0 Å². The Morgan fingerprint density at radius 2 is 1.91 bits per heavy atom. The van der Waals surface area contributed by atoms with Crippen molar-refractivity contribution in [3.05, 3.63) is 29.8 Å². The lowest BCUT2D eigenvalue weighted by molar-refractivity contribution is 0.0525. The van der Waals surface area contributed by atoms with Gasteiger partial charge >= 0.3 is 5.97 Å². The Kier molecular flexibility index (Phi) is 6.68. The van der Waals surface area contributed by atoms with Crippen LogP contribution in [0.15, 0.2) is 24.3 Å². The van der Waals surface area contributed by atoms with Gasteiger partial charge in [-0.3, -0.25) is 0 Å². The number of β-amino-alcohol motifs (C(OH)–C–C–N with tert-alkyl or cyclic N) is 1. The first-order valence-electron chi connectivity index (χ1n) is 7.99. The lowest BCUT2D eigenvalue weighted by atomic mass is 10.1. The number of rotatable bonds is 7. The quantitative estimate of drug-likeness (QED) is 0.782. The summed E-state index contributed by atoms with van der Waals surface area (Å²) in [5.41, 5.74) is 0.503. The number of likely N-dealkylation sites (tertiary alicyclic amines) is 1. The fraction of sp³-hybridized carbons (Fsp3) is 0.588. The summed E-state index contributed by atoms with van der Waals surface area (Å²) in [6.45, 7) is 5.17. The van der Waals surface area contributed by atoms with E-state index in [1.807, 2.05) is 0 Å². The van der Waals surface area contributed by atoms with E-state index in [2.05, 4.69) is 4.90 Å². The molecule has 1 saturated heterocycles. The predicted molar refractivity (Wildman–Crippen MR) is 84.2 cm³/mol. The van der Waals surface area contributed by atoms with Crippen molar-refractivity contribution in [1.82, 2.24) is 4.90 Å². The Labute approximate surface area is 131 Å². The monoisotopic (exact) mass is 307 g/mol. The van der Waals surface area contributed by atoms with Crippen LogP contribution in [0.4, 0.5) is 0 Å². The highest BCUT2D eigenvalue weighted by Gasteiger charge is 2.15. The van der Waals surface area contributed by atoms with Crippen molar-refractivity contribution in [3.8, 4) is 5.75 Å². The number of nitrogens with zero attached hydrogens (tertiary/aromatic N) is 1. The number of carbonyl (C=O) groups is 1. The molecule has 0 radical (unpaired) electrons. The maximum absolute atomic E-state index is 11.5. The van der Waals surface area contributed by atoms with Gasteiger partial charge < -0.3 is 19.5 Å². The Morgan fingerprint density at radius 1 is 1.23 bits per heavy atom. The van der Waals surface area contributed by atoms with Crippen LogP contribution in [0.25, 0.3) is 0 Å². The molecular formula is C17H25NO4. The number of ether oxygens (including phenoxy) is 2. The van der Waals surface area contributed by atoms with Crippen molar-refractivity contribution in [2.75, 3.05) is 32.8 Å². The van der Waals surface area contributed by atoms with Gasteiger partial charge in [0.25, 0.3) is 0 Å². The summed E-state index contributed by atoms with van der Waals surface area (Å²) in [7, 11) is 0. The molecule has 1 aliphatic heterocycles. The molecule has 1 aromatic carbocycles. The smallest absolute Gasteiger partial charge is 0.338 e. The highest BCUT2D eigenvalue weighted by Crippen LogP contribution is 2.14. The van der Waals surface area contributed by atoms with Gasteiger partial charge in [0.1, 0.15) is 18.5 Å². The predicted octanol–water partition coefficient (Wildman–Crippen LogP) is 2.09. The number of benzene rings is 1. The lowest BCUT2D eigenvalue weighted by Crippen LogP contribution is -2.38. The van der Waals surface area contributed by atoms with E-state index in [0.29, 0.717) is 24.5 Å². The molecule has 0 saturated carbocycles. The highest BCUT2D eigenvalue weighted by atomic mass is 16.5. The fourth-order valence-electron chi connectivity index (χ4n) is 2.59. The van der Waals surface area contributed by atoms with E-state index in [0.717, 1.165) is 13.1 Å². The van der Waals surface area contributed by atoms with E-state index in [4.69, 9.17) is 9.47 Å². The molecule has 1 N–H and O–H groups in total. The molecule has 1 atom stereocenters. The normalized spacial score (nSPS) is 17.0. The molecule has 0 aromatic heterocycles. The SMILES string of the molecule is CCOC(=O)c1ccc(OCC(O)CN2CCCCC2)cc1. The summed E-state index contributed by atoms with van der Waals surface area (Å²) in [6, 6.07) is 6.79. The summed E-state index contributed by atoms with van der Waals surface area (Å²) in [4.78, 5) is 13.8. The summed E-state index contributed by atoms with van der Waals surface area (Å²) < 4.78 is 10.5. The van der Waals surface area contributed by atoms with Gasteiger partial charge in [0.2, 0.25) is 0 Å². The van der Waals surface area contributed by atoms with Crippen LogP contribution in [0.2, 0.25) is 0 Å². The van der Waals surface area contributed by atoms with Crippen LogP contribution in [-0.2, 0) is 4.74 Å². The van der Waals surface area contributed by atoms with E-state index in [1.165, 1.54) is 19.3 Å². The van der Waals surface area contributed by atoms with Crippen LogP contribution in [0.3, 0.4) is 0 Å². The maximum atomic E-state index is 11.5. The molecule has 22 heavy (non-hydrogen) atoms. The average molecular weight is 307 g/mol. The minimum Gasteiger partial charge on any atom is -0.491 e. The summed E-state index contributed by atoms with van der Waals surface area (Å²) in [5.74, 6) is 0.310. The number of esters is 1. The average Bonchev–Trinajstić information content (AvgIpc) is 2.54. The molecule has 5 heteroatoms. The molecule has 5 nitrogen and oxygen atoms in total. The standard InChI is InChI=1S/C17H25NO4/c1-2-21-17(20)14-6-8-16(9-7-14)22-13-15(19)12-18-10-4-3-5-11-18/h6-9,15,19H,2-5,10-13H2,1H3. The zero-order valence-corrected chi connectivity index (χ0v) is 13.2. The van der Waals surface area contributed by atoms with Gasteiger partial charge in [-0.2, -0.15) is 0 Å². The Morgan fingerprint density at radius 3 is 2.55 bits per heavy atom. The van der Waals surface area contributed by atoms with Crippen molar-refractivity contribution in [3.63, 3.8) is 0 Å². The van der Waals surface area contributed by atoms with Crippen LogP contribution < -0.4 is 4.74 Å². The van der Waals surface area contributed by atoms with Crippen LogP contribution in [-0.4, -0.2) is 54.9 Å². The van der Waals surface area contributed by atoms with Gasteiger partial charge in [-0.1, -0.05) is 6.42 Å². The second-order valence-electron chi connectivity index (χ2n) is 5.57. The van der Waals surface area contributed by atoms with Crippen molar-refractivity contribution >= 4 is 5.97 Å². The minimum atomic E-state index is -0.497. The second kappa shape index (κ2) is 8.76. The molecular weight excluding hydrogens is 282 g/mol. The zero-order chi connectivity index (χ0) is 15.8. The highest BCUT2D eigenvalue weighted by molar-refractivity contribution is 5.89. The zero-order valence-electron chi connectivity index (χ0n) is 13.2. The van der Waals surface area contributed by atoms with Crippen LogP contribution in [0.5, 0.6) is 5.75 Å². The molecule has 2 rings (SSSR count). The third-order valence-corrected chi connectivity index (χ3v) is 3.73. The van der Waals surface area contributed by atoms with Gasteiger partial charge in [0, 0.05) is 6.54 Å². The molecule has 1 unspecified atom stereocenters. The first kappa shape index (κ1) is 16.8. The van der Waals surface area contributed by atoms with E-state index in [9.17, 15) is 9.90 Å². The number of carbonyl (C=O) groups excluding carboxylic acids is 1. The summed E-state index contributed by atoms with van der Waals surface area (Å²) in [6.07, 6.45) is 3.21. The number of piperidine rings is 1. The van der Waals surface area contributed by atoms with Crippen molar-refractivity contribution in [1.29, 1.82) is 0 Å². The number of aliphatic hydroxyl groups is 1. The first-order valence-corrected chi connectivity index (χ1v) is 7.99. The third-order valence-electron chi connectivity index (χ3n) is 3.73. The molecule has 122 valence electrons. The van der Waals surface area contributed by atoms with Gasteiger partial charge in [-0.15, -0.1) is 0 Å². The van der Waals surface area contributed by atoms with Gasteiger partial charge in [-0.05, 0) is 57.1 Å². The fourth-order valence-corrected chi connectivity index (χ4v) is 2.59. The number of hydrogen-bond acceptors (Lipinski definition) is 5. The molecule has 1 aromatic rings. The molecule has 0 spiro atoms. The second-order valence-corrected chi connectivity index (χ2v) is 5.57. The van der Waals surface area contributed by atoms with Crippen LogP contribution in [0.1, 0.15) is 36.5 Å². The molecule has 1 heterocycles. The van der Waals surface area contributed by atoms with Crippen molar-refractivity contribution < 1.29 is 19.4 Å². The maximum Gasteiger partial charge on any atom is 0.338 e. The van der Waals surface area contributed by atoms with Crippen molar-refractivity contribution in [2.45, 2.75) is 32.3 Å².